The Morgan fingerprint density at radius 2 is 1.77 bits per heavy atom. The van der Waals surface area contributed by atoms with Crippen LogP contribution in [-0.4, -0.2) is 24.7 Å². The third kappa shape index (κ3) is 5.69. The van der Waals surface area contributed by atoms with Crippen LogP contribution < -0.4 is 10.6 Å². The minimum absolute atomic E-state index is 0.260. The van der Waals surface area contributed by atoms with Gasteiger partial charge in [0, 0.05) is 29.0 Å². The van der Waals surface area contributed by atoms with Crippen LogP contribution in [0.25, 0.3) is 0 Å². The maximum atomic E-state index is 13.8. The highest BCUT2D eigenvalue weighted by atomic mass is 79.9. The molecule has 0 unspecified atom stereocenters. The van der Waals surface area contributed by atoms with E-state index in [9.17, 15) is 4.39 Å². The molecule has 2 aromatic heterocycles. The van der Waals surface area contributed by atoms with E-state index in [2.05, 4.69) is 36.8 Å². The number of rotatable bonds is 6. The molecule has 2 heterocycles. The fourth-order valence-corrected chi connectivity index (χ4v) is 3.65. The average molecular weight is 520 g/mol. The number of benzene rings is 2. The molecule has 6 nitrogen and oxygen atoms in total. The molecule has 4 aromatic rings. The number of aromatic nitrogens is 4. The van der Waals surface area contributed by atoms with Gasteiger partial charge >= 0.3 is 0 Å². The predicted octanol–water partition coefficient (Wildman–Crippen LogP) is 5.54. The zero-order valence-electron chi connectivity index (χ0n) is 16.1. The Balaban J connectivity index is 1.36. The van der Waals surface area contributed by atoms with Crippen molar-refractivity contribution in [2.45, 2.75) is 13.1 Å². The molecule has 0 aliphatic carbocycles. The molecule has 4 rings (SSSR count). The molecule has 158 valence electrons. The monoisotopic (exact) mass is 518 g/mol. The molecule has 0 atom stereocenters. The Bertz CT molecular complexity index is 1210. The Labute approximate surface area is 197 Å². The molecule has 0 radical (unpaired) electrons. The first-order valence-electron chi connectivity index (χ1n) is 9.28. The van der Waals surface area contributed by atoms with Crippen LogP contribution in [0.4, 0.5) is 16.0 Å². The molecule has 0 saturated carbocycles. The summed E-state index contributed by atoms with van der Waals surface area (Å²) < 4.78 is 18.0. The smallest absolute Gasteiger partial charge is 0.177 e. The molecule has 10 heteroatoms. The SMILES string of the molecule is Fc1ccccc1Cn1ccc(NC(=S)Nc2nn(Cc3ccc(Cl)cc3)cc2Br)n1. The third-order valence-electron chi connectivity index (χ3n) is 4.38. The zero-order chi connectivity index (χ0) is 21.8. The van der Waals surface area contributed by atoms with Crippen molar-refractivity contribution in [3.05, 3.63) is 93.4 Å². The van der Waals surface area contributed by atoms with Crippen LogP contribution in [0.5, 0.6) is 0 Å². The largest absolute Gasteiger partial charge is 0.316 e. The van der Waals surface area contributed by atoms with Gasteiger partial charge in [-0.15, -0.1) is 0 Å². The van der Waals surface area contributed by atoms with E-state index in [-0.39, 0.29) is 5.82 Å². The van der Waals surface area contributed by atoms with Crippen molar-refractivity contribution < 1.29 is 4.39 Å². The van der Waals surface area contributed by atoms with Gasteiger partial charge in [0.05, 0.1) is 17.6 Å². The van der Waals surface area contributed by atoms with Crippen molar-refractivity contribution in [1.82, 2.24) is 19.6 Å². The van der Waals surface area contributed by atoms with Crippen molar-refractivity contribution in [2.75, 3.05) is 10.6 Å². The fourth-order valence-electron chi connectivity index (χ4n) is 2.91. The first-order valence-corrected chi connectivity index (χ1v) is 10.9. The maximum Gasteiger partial charge on any atom is 0.177 e. The Morgan fingerprint density at radius 3 is 2.55 bits per heavy atom. The van der Waals surface area contributed by atoms with E-state index in [4.69, 9.17) is 23.8 Å². The summed E-state index contributed by atoms with van der Waals surface area (Å²) >= 11 is 14.8. The Morgan fingerprint density at radius 1 is 1.00 bits per heavy atom. The number of hydrogen-bond donors (Lipinski definition) is 2. The van der Waals surface area contributed by atoms with Crippen LogP contribution in [0.15, 0.2) is 71.5 Å². The molecular weight excluding hydrogens is 503 g/mol. The van der Waals surface area contributed by atoms with E-state index in [1.165, 1.54) is 6.07 Å². The summed E-state index contributed by atoms with van der Waals surface area (Å²) in [7, 11) is 0. The van der Waals surface area contributed by atoms with Gasteiger partial charge < -0.3 is 10.6 Å². The quantitative estimate of drug-likeness (QED) is 0.328. The molecular formula is C21H17BrClFN6S. The third-order valence-corrected chi connectivity index (χ3v) is 5.42. The second kappa shape index (κ2) is 9.59. The second-order valence-electron chi connectivity index (χ2n) is 6.72. The average Bonchev–Trinajstić information content (AvgIpc) is 3.31. The Hall–Kier alpha value is -2.75. The molecule has 0 spiro atoms. The molecule has 2 aromatic carbocycles. The number of nitrogens with zero attached hydrogens (tertiary/aromatic N) is 4. The summed E-state index contributed by atoms with van der Waals surface area (Å²) in [6.45, 7) is 0.924. The highest BCUT2D eigenvalue weighted by Crippen LogP contribution is 2.21. The Kier molecular flexibility index (Phi) is 6.64. The molecule has 2 N–H and O–H groups in total. The van der Waals surface area contributed by atoms with Crippen molar-refractivity contribution >= 4 is 56.5 Å². The van der Waals surface area contributed by atoms with Gasteiger partial charge in [0.25, 0.3) is 0 Å². The van der Waals surface area contributed by atoms with Gasteiger partial charge in [-0.25, -0.2) is 4.39 Å². The van der Waals surface area contributed by atoms with Crippen LogP contribution >= 0.6 is 39.7 Å². The fraction of sp³-hybridized carbons (Fsp3) is 0.0952. The summed E-state index contributed by atoms with van der Waals surface area (Å²) in [5, 5.41) is 16.0. The van der Waals surface area contributed by atoms with Gasteiger partial charge in [0.2, 0.25) is 0 Å². The number of anilines is 2. The summed E-state index contributed by atoms with van der Waals surface area (Å²) in [5.74, 6) is 0.867. The highest BCUT2D eigenvalue weighted by Gasteiger charge is 2.10. The van der Waals surface area contributed by atoms with Crippen molar-refractivity contribution in [3.8, 4) is 0 Å². The van der Waals surface area contributed by atoms with Crippen LogP contribution in [0.2, 0.25) is 5.02 Å². The van der Waals surface area contributed by atoms with E-state index in [1.54, 1.807) is 39.8 Å². The van der Waals surface area contributed by atoms with Gasteiger partial charge in [0.1, 0.15) is 5.82 Å². The van der Waals surface area contributed by atoms with Gasteiger partial charge in [-0.2, -0.15) is 10.2 Å². The van der Waals surface area contributed by atoms with Gasteiger partial charge in [-0.05, 0) is 51.9 Å². The summed E-state index contributed by atoms with van der Waals surface area (Å²) in [6.07, 6.45) is 3.62. The normalized spacial score (nSPS) is 10.8. The molecule has 31 heavy (non-hydrogen) atoms. The van der Waals surface area contributed by atoms with Crippen LogP contribution in [-0.2, 0) is 13.1 Å². The highest BCUT2D eigenvalue weighted by molar-refractivity contribution is 9.10. The lowest BCUT2D eigenvalue weighted by molar-refractivity contribution is 0.586. The first kappa shape index (κ1) is 21.5. The van der Waals surface area contributed by atoms with Crippen molar-refractivity contribution in [2.24, 2.45) is 0 Å². The van der Waals surface area contributed by atoms with Crippen LogP contribution in [0.3, 0.4) is 0 Å². The van der Waals surface area contributed by atoms with E-state index >= 15 is 0 Å². The number of nitrogens with one attached hydrogen (secondary N) is 2. The number of hydrogen-bond acceptors (Lipinski definition) is 3. The van der Waals surface area contributed by atoms with E-state index in [1.807, 2.05) is 30.5 Å². The van der Waals surface area contributed by atoms with E-state index in [0.717, 1.165) is 10.0 Å². The molecule has 0 aliphatic heterocycles. The summed E-state index contributed by atoms with van der Waals surface area (Å²) in [6, 6.07) is 16.0. The maximum absolute atomic E-state index is 13.8. The topological polar surface area (TPSA) is 59.7 Å². The standard InChI is InChI=1S/C21H17BrClFN6S/c22-17-13-30(11-14-5-7-16(23)8-6-14)28-20(17)26-21(31)25-19-9-10-29(27-19)12-15-3-1-2-4-18(15)24/h1-10,13H,11-12H2,(H2,25,26,27,28,31). The zero-order valence-corrected chi connectivity index (χ0v) is 19.3. The van der Waals surface area contributed by atoms with Crippen molar-refractivity contribution in [1.29, 1.82) is 0 Å². The molecule has 0 saturated heterocycles. The first-order chi connectivity index (χ1) is 15.0. The summed E-state index contributed by atoms with van der Waals surface area (Å²) in [5.41, 5.74) is 1.64. The van der Waals surface area contributed by atoms with Gasteiger partial charge in [-0.1, -0.05) is 41.9 Å². The van der Waals surface area contributed by atoms with E-state index in [0.29, 0.717) is 40.4 Å². The van der Waals surface area contributed by atoms with Crippen LogP contribution in [0, 0.1) is 5.82 Å². The number of thiocarbonyl (C=S) groups is 1. The number of halogens is 3. The molecule has 0 bridgehead atoms. The molecule has 0 amide bonds. The predicted molar refractivity (Wildman–Crippen MR) is 128 cm³/mol. The minimum Gasteiger partial charge on any atom is -0.316 e. The lowest BCUT2D eigenvalue weighted by atomic mass is 10.2. The lowest BCUT2D eigenvalue weighted by Gasteiger charge is -2.07. The summed E-state index contributed by atoms with van der Waals surface area (Å²) in [4.78, 5) is 0. The molecule has 0 aliphatic rings. The van der Waals surface area contributed by atoms with E-state index < -0.39 is 0 Å². The second-order valence-corrected chi connectivity index (χ2v) is 8.42. The van der Waals surface area contributed by atoms with Gasteiger partial charge in [0.15, 0.2) is 16.7 Å². The van der Waals surface area contributed by atoms with Crippen LogP contribution in [0.1, 0.15) is 11.1 Å². The van der Waals surface area contributed by atoms with Gasteiger partial charge in [-0.3, -0.25) is 9.36 Å². The molecule has 0 fully saturated rings. The lowest BCUT2D eigenvalue weighted by Crippen LogP contribution is -2.20. The van der Waals surface area contributed by atoms with Crippen molar-refractivity contribution in [3.63, 3.8) is 0 Å². The minimum atomic E-state index is -0.260.